The van der Waals surface area contributed by atoms with Gasteiger partial charge in [0.25, 0.3) is 0 Å². The molecule has 2 saturated heterocycles. The average molecular weight is 375 g/mol. The maximum absolute atomic E-state index is 13.4. The molecule has 4 aliphatic carbocycles. The lowest BCUT2D eigenvalue weighted by molar-refractivity contribution is -0.164. The van der Waals surface area contributed by atoms with Gasteiger partial charge in [-0.05, 0) is 25.7 Å². The highest BCUT2D eigenvalue weighted by Gasteiger charge is 3.01. The molecule has 6 unspecified atom stereocenters. The van der Waals surface area contributed by atoms with Crippen LogP contribution in [0.3, 0.4) is 0 Å². The lowest BCUT2D eigenvalue weighted by atomic mass is 9.66. The molecule has 6 aliphatic rings. The quantitative estimate of drug-likeness (QED) is 0.417. The van der Waals surface area contributed by atoms with Gasteiger partial charge in [0.2, 0.25) is 0 Å². The molecule has 7 nitrogen and oxygen atoms in total. The highest BCUT2D eigenvalue weighted by molar-refractivity contribution is 6.02. The Morgan fingerprint density at radius 1 is 0.889 bits per heavy atom. The summed E-state index contributed by atoms with van der Waals surface area (Å²) in [5.74, 6) is -0.813. The Morgan fingerprint density at radius 2 is 1.56 bits per heavy atom. The number of esters is 2. The molecule has 2 saturated carbocycles. The molecule has 2 aliphatic heterocycles. The Labute approximate surface area is 158 Å². The summed E-state index contributed by atoms with van der Waals surface area (Å²) in [7, 11) is 4.07. The van der Waals surface area contributed by atoms with E-state index in [0.29, 0.717) is 0 Å². The second-order valence-corrected chi connectivity index (χ2v) is 8.40. The molecule has 4 fully saturated rings. The number of carbonyl (C=O) groups excluding carboxylic acids is 3. The van der Waals surface area contributed by atoms with Crippen LogP contribution in [0.15, 0.2) is 11.1 Å². The molecular formula is C20H25NO6. The summed E-state index contributed by atoms with van der Waals surface area (Å²) in [6.45, 7) is 0. The van der Waals surface area contributed by atoms with E-state index in [-0.39, 0.29) is 23.9 Å². The van der Waals surface area contributed by atoms with Gasteiger partial charge in [0.05, 0.1) is 33.4 Å². The van der Waals surface area contributed by atoms with Crippen molar-refractivity contribution in [1.29, 1.82) is 0 Å². The van der Waals surface area contributed by atoms with Crippen molar-refractivity contribution in [2.45, 2.75) is 50.6 Å². The monoisotopic (exact) mass is 375 g/mol. The molecule has 0 aromatic rings. The molecule has 2 heterocycles. The van der Waals surface area contributed by atoms with Gasteiger partial charge < -0.3 is 14.2 Å². The molecule has 1 amide bonds. The van der Waals surface area contributed by atoms with E-state index < -0.39 is 28.9 Å². The van der Waals surface area contributed by atoms with E-state index in [1.54, 1.807) is 4.90 Å². The number of carbonyl (C=O) groups is 3. The number of methoxy groups -OCH3 is 3. The van der Waals surface area contributed by atoms with E-state index in [9.17, 15) is 14.4 Å². The first-order chi connectivity index (χ1) is 13.0. The Morgan fingerprint density at radius 3 is 2.19 bits per heavy atom. The molecular weight excluding hydrogens is 350 g/mol. The van der Waals surface area contributed by atoms with Crippen LogP contribution < -0.4 is 0 Å². The summed E-state index contributed by atoms with van der Waals surface area (Å²) in [5, 5.41) is 0. The zero-order valence-electron chi connectivity index (χ0n) is 15.9. The first-order valence-corrected chi connectivity index (χ1v) is 9.80. The summed E-state index contributed by atoms with van der Waals surface area (Å²) < 4.78 is 15.5. The Kier molecular flexibility index (Phi) is 3.33. The molecule has 6 bridgehead atoms. The zero-order valence-corrected chi connectivity index (χ0v) is 15.9. The predicted octanol–water partition coefficient (Wildman–Crippen LogP) is 2.05. The van der Waals surface area contributed by atoms with Crippen LogP contribution >= 0.6 is 0 Å². The van der Waals surface area contributed by atoms with E-state index in [4.69, 9.17) is 14.2 Å². The molecule has 0 aromatic heterocycles. The van der Waals surface area contributed by atoms with Crippen LogP contribution in [0.1, 0.15) is 38.5 Å². The molecule has 0 N–H and O–H groups in total. The maximum atomic E-state index is 13.4. The van der Waals surface area contributed by atoms with Crippen molar-refractivity contribution in [1.82, 2.24) is 4.90 Å². The van der Waals surface area contributed by atoms with Crippen LogP contribution in [-0.4, -0.2) is 56.3 Å². The molecule has 6 rings (SSSR count). The van der Waals surface area contributed by atoms with E-state index in [0.717, 1.165) is 37.7 Å². The van der Waals surface area contributed by atoms with Crippen LogP contribution in [0.2, 0.25) is 0 Å². The van der Waals surface area contributed by atoms with Crippen molar-refractivity contribution >= 4 is 18.0 Å². The maximum Gasteiger partial charge on any atom is 0.410 e. The van der Waals surface area contributed by atoms with Crippen molar-refractivity contribution in [2.75, 3.05) is 21.3 Å². The Balaban J connectivity index is 1.75. The lowest BCUT2D eigenvalue weighted by Crippen LogP contribution is -2.50. The fraction of sp³-hybridized carbons (Fsp3) is 0.750. The minimum Gasteiger partial charge on any atom is -0.468 e. The first-order valence-electron chi connectivity index (χ1n) is 9.80. The van der Waals surface area contributed by atoms with E-state index in [2.05, 4.69) is 0 Å². The van der Waals surface area contributed by atoms with Gasteiger partial charge in [0, 0.05) is 11.8 Å². The Bertz CT molecular complexity index is 789. The van der Waals surface area contributed by atoms with Crippen molar-refractivity contribution in [3.8, 4) is 0 Å². The third-order valence-electron chi connectivity index (χ3n) is 7.95. The second kappa shape index (κ2) is 5.26. The highest BCUT2D eigenvalue weighted by atomic mass is 16.5. The van der Waals surface area contributed by atoms with E-state index in [1.165, 1.54) is 33.3 Å². The molecule has 27 heavy (non-hydrogen) atoms. The van der Waals surface area contributed by atoms with Crippen molar-refractivity contribution in [2.24, 2.45) is 22.7 Å². The normalized spacial score (nSPS) is 43.0. The third-order valence-corrected chi connectivity index (χ3v) is 7.95. The number of piperidine rings is 2. The topological polar surface area (TPSA) is 82.1 Å². The van der Waals surface area contributed by atoms with Crippen molar-refractivity contribution < 1.29 is 28.6 Å². The summed E-state index contributed by atoms with van der Waals surface area (Å²) in [6.07, 6.45) is 5.61. The standard InChI is InChI=1S/C20H25NO6/c1-25-16(22)19-11-9-7-5-4-6-8-10(11)12-13-15(20(13,19)17(23)26-2)21(14(12)19)18(24)27-3/h12-15H,4-9H2,1-3H3. The third kappa shape index (κ3) is 1.49. The van der Waals surface area contributed by atoms with Crippen LogP contribution in [0.4, 0.5) is 4.79 Å². The van der Waals surface area contributed by atoms with Crippen LogP contribution in [0, 0.1) is 22.7 Å². The zero-order chi connectivity index (χ0) is 19.1. The van der Waals surface area contributed by atoms with E-state index in [1.807, 2.05) is 0 Å². The number of ether oxygens (including phenoxy) is 3. The lowest BCUT2D eigenvalue weighted by Gasteiger charge is -2.36. The van der Waals surface area contributed by atoms with Gasteiger partial charge in [0.1, 0.15) is 10.8 Å². The molecule has 6 atom stereocenters. The number of rotatable bonds is 2. The van der Waals surface area contributed by atoms with Crippen molar-refractivity contribution in [3.63, 3.8) is 0 Å². The van der Waals surface area contributed by atoms with Gasteiger partial charge in [-0.2, -0.15) is 0 Å². The molecule has 0 spiro atoms. The predicted molar refractivity (Wildman–Crippen MR) is 92.4 cm³/mol. The summed E-state index contributed by atoms with van der Waals surface area (Å²) >= 11 is 0. The molecule has 7 heteroatoms. The van der Waals surface area contributed by atoms with Crippen LogP contribution in [0.25, 0.3) is 0 Å². The van der Waals surface area contributed by atoms with Crippen molar-refractivity contribution in [3.05, 3.63) is 11.1 Å². The number of nitrogens with zero attached hydrogens (tertiary/aromatic N) is 1. The molecule has 146 valence electrons. The smallest absolute Gasteiger partial charge is 0.410 e. The van der Waals surface area contributed by atoms with Gasteiger partial charge in [-0.1, -0.05) is 24.0 Å². The van der Waals surface area contributed by atoms with Crippen LogP contribution in [-0.2, 0) is 23.8 Å². The Hall–Kier alpha value is -2.05. The average Bonchev–Trinajstić information content (AvgIpc) is 2.90. The largest absolute Gasteiger partial charge is 0.468 e. The minimum absolute atomic E-state index is 0.0420. The van der Waals surface area contributed by atoms with Gasteiger partial charge >= 0.3 is 18.0 Å². The van der Waals surface area contributed by atoms with Gasteiger partial charge in [0.15, 0.2) is 0 Å². The summed E-state index contributed by atoms with van der Waals surface area (Å²) in [4.78, 5) is 40.7. The highest BCUT2D eigenvalue weighted by Crippen LogP contribution is 2.89. The number of hydrogen-bond donors (Lipinski definition) is 0. The molecule has 0 radical (unpaired) electrons. The number of hydrogen-bond acceptors (Lipinski definition) is 6. The SMILES string of the molecule is COC(=O)N1C2C3C4=C(CCCCCC4)C2(C(=O)OC)C2(C(=O)OC)C3C12. The molecule has 0 aromatic carbocycles. The minimum atomic E-state index is -1.10. The second-order valence-electron chi connectivity index (χ2n) is 8.40. The fourth-order valence-electron chi connectivity index (χ4n) is 7.46. The number of amides is 1. The van der Waals surface area contributed by atoms with E-state index >= 15 is 0 Å². The summed E-state index contributed by atoms with van der Waals surface area (Å²) in [6, 6.07) is -0.714. The van der Waals surface area contributed by atoms with Gasteiger partial charge in [-0.25, -0.2) is 4.79 Å². The van der Waals surface area contributed by atoms with Gasteiger partial charge in [-0.15, -0.1) is 0 Å². The summed E-state index contributed by atoms with van der Waals surface area (Å²) in [5.41, 5.74) is 0.245. The first kappa shape index (κ1) is 17.1. The van der Waals surface area contributed by atoms with Gasteiger partial charge in [-0.3, -0.25) is 14.5 Å². The fourth-order valence-corrected chi connectivity index (χ4v) is 7.46. The van der Waals surface area contributed by atoms with Crippen LogP contribution in [0.5, 0.6) is 0 Å².